The third-order valence-electron chi connectivity index (χ3n) is 5.40. The maximum absolute atomic E-state index is 13.2. The number of carbonyl (C=O) groups excluding carboxylic acids is 2. The van der Waals surface area contributed by atoms with Crippen molar-refractivity contribution in [1.82, 2.24) is 10.2 Å². The number of esters is 1. The van der Waals surface area contributed by atoms with Crippen LogP contribution in [0.15, 0.2) is 30.3 Å². The van der Waals surface area contributed by atoms with Crippen LogP contribution in [-0.2, 0) is 14.3 Å². The highest BCUT2D eigenvalue weighted by Crippen LogP contribution is 2.36. The number of nitrogens with one attached hydrogen (secondary N) is 2. The van der Waals surface area contributed by atoms with E-state index in [1.54, 1.807) is 0 Å². The summed E-state index contributed by atoms with van der Waals surface area (Å²) >= 11 is 0. The molecule has 3 rings (SSSR count). The molecule has 0 aliphatic carbocycles. The summed E-state index contributed by atoms with van der Waals surface area (Å²) in [4.78, 5) is 27.3. The number of anilines is 1. The molecule has 0 saturated carbocycles. The summed E-state index contributed by atoms with van der Waals surface area (Å²) in [7, 11) is 1.41. The number of benzene rings is 1. The Morgan fingerprint density at radius 2 is 2.04 bits per heavy atom. The van der Waals surface area contributed by atoms with Gasteiger partial charge in [0.1, 0.15) is 11.6 Å². The van der Waals surface area contributed by atoms with E-state index in [4.69, 9.17) is 4.74 Å². The molecule has 6 nitrogen and oxygen atoms in total. The number of hydrogen-bond acceptors (Lipinski definition) is 5. The minimum absolute atomic E-state index is 0.0401. The predicted octanol–water partition coefficient (Wildman–Crippen LogP) is 1.49. The summed E-state index contributed by atoms with van der Waals surface area (Å²) in [6.45, 7) is 5.83. The van der Waals surface area contributed by atoms with Gasteiger partial charge in [-0.25, -0.2) is 4.79 Å². The van der Waals surface area contributed by atoms with Crippen molar-refractivity contribution in [2.75, 3.05) is 32.1 Å². The highest BCUT2D eigenvalue weighted by atomic mass is 16.5. The molecule has 1 aromatic carbocycles. The molecule has 6 heteroatoms. The van der Waals surface area contributed by atoms with Crippen molar-refractivity contribution >= 4 is 17.6 Å². The van der Waals surface area contributed by atoms with Crippen molar-refractivity contribution in [3.63, 3.8) is 0 Å². The standard InChI is InChI=1S/C19H27N3O3/c1-13(2)16(21-15-7-5-4-6-8-15)17(23)22-11-14-9-10-20-19(14,12-22)18(24)25-3/h4-8,13-14,16,20-21H,9-12H2,1-3H3/t14-,16+,19+/m1/s1. The van der Waals surface area contributed by atoms with Gasteiger partial charge in [-0.1, -0.05) is 32.0 Å². The smallest absolute Gasteiger partial charge is 0.328 e. The Hall–Kier alpha value is -2.08. The Morgan fingerprint density at radius 1 is 1.32 bits per heavy atom. The molecule has 2 aliphatic heterocycles. The summed E-state index contributed by atoms with van der Waals surface area (Å²) in [6, 6.07) is 9.43. The first-order valence-corrected chi connectivity index (χ1v) is 8.92. The third-order valence-corrected chi connectivity index (χ3v) is 5.40. The van der Waals surface area contributed by atoms with Crippen LogP contribution >= 0.6 is 0 Å². The van der Waals surface area contributed by atoms with Crippen LogP contribution in [0, 0.1) is 11.8 Å². The lowest BCUT2D eigenvalue weighted by atomic mass is 9.89. The summed E-state index contributed by atoms with van der Waals surface area (Å²) in [5.41, 5.74) is 0.188. The van der Waals surface area contributed by atoms with E-state index in [1.165, 1.54) is 7.11 Å². The molecule has 2 fully saturated rings. The van der Waals surface area contributed by atoms with E-state index in [0.717, 1.165) is 18.7 Å². The van der Waals surface area contributed by atoms with Crippen LogP contribution in [0.25, 0.3) is 0 Å². The zero-order valence-corrected chi connectivity index (χ0v) is 15.1. The number of ether oxygens (including phenoxy) is 1. The second-order valence-electron chi connectivity index (χ2n) is 7.33. The number of nitrogens with zero attached hydrogens (tertiary/aromatic N) is 1. The molecule has 2 aliphatic rings. The van der Waals surface area contributed by atoms with Gasteiger partial charge in [0.15, 0.2) is 0 Å². The van der Waals surface area contributed by atoms with Gasteiger partial charge in [-0.05, 0) is 31.0 Å². The van der Waals surface area contributed by atoms with Gasteiger partial charge in [-0.2, -0.15) is 0 Å². The van der Waals surface area contributed by atoms with E-state index in [9.17, 15) is 9.59 Å². The number of rotatable bonds is 5. The fraction of sp³-hybridized carbons (Fsp3) is 0.579. The lowest BCUT2D eigenvalue weighted by molar-refractivity contribution is -0.148. The van der Waals surface area contributed by atoms with Gasteiger partial charge >= 0.3 is 5.97 Å². The average molecular weight is 345 g/mol. The van der Waals surface area contributed by atoms with E-state index in [0.29, 0.717) is 13.1 Å². The number of carbonyl (C=O) groups is 2. The summed E-state index contributed by atoms with van der Waals surface area (Å²) < 4.78 is 5.02. The highest BCUT2D eigenvalue weighted by Gasteiger charge is 2.57. The zero-order valence-electron chi connectivity index (χ0n) is 15.1. The van der Waals surface area contributed by atoms with Gasteiger partial charge in [-0.3, -0.25) is 4.79 Å². The Kier molecular flexibility index (Phi) is 4.99. The predicted molar refractivity (Wildman–Crippen MR) is 96.1 cm³/mol. The van der Waals surface area contributed by atoms with Crippen molar-refractivity contribution in [3.05, 3.63) is 30.3 Å². The topological polar surface area (TPSA) is 70.7 Å². The summed E-state index contributed by atoms with van der Waals surface area (Å²) in [6.07, 6.45) is 0.886. The molecule has 3 atom stereocenters. The van der Waals surface area contributed by atoms with Crippen LogP contribution in [0.2, 0.25) is 0 Å². The number of para-hydroxylation sites is 1. The van der Waals surface area contributed by atoms with Crippen molar-refractivity contribution in [3.8, 4) is 0 Å². The van der Waals surface area contributed by atoms with Crippen molar-refractivity contribution in [2.45, 2.75) is 31.8 Å². The first kappa shape index (κ1) is 17.7. The van der Waals surface area contributed by atoms with Gasteiger partial charge < -0.3 is 20.3 Å². The second kappa shape index (κ2) is 7.04. The number of amides is 1. The molecule has 0 spiro atoms. The largest absolute Gasteiger partial charge is 0.468 e. The molecule has 1 aromatic rings. The van der Waals surface area contributed by atoms with E-state index >= 15 is 0 Å². The first-order chi connectivity index (χ1) is 12.0. The SMILES string of the molecule is COC(=O)[C@]12CN(C(=O)[C@@H](Nc3ccccc3)C(C)C)C[C@H]1CCN2. The van der Waals surface area contributed by atoms with Gasteiger partial charge in [0, 0.05) is 18.2 Å². The van der Waals surface area contributed by atoms with Crippen LogP contribution in [0.1, 0.15) is 20.3 Å². The Morgan fingerprint density at radius 3 is 2.68 bits per heavy atom. The van der Waals surface area contributed by atoms with Gasteiger partial charge in [0.25, 0.3) is 0 Å². The fourth-order valence-corrected chi connectivity index (χ4v) is 4.00. The maximum atomic E-state index is 13.2. The minimum Gasteiger partial charge on any atom is -0.468 e. The quantitative estimate of drug-likeness (QED) is 0.791. The second-order valence-corrected chi connectivity index (χ2v) is 7.33. The molecule has 136 valence electrons. The molecule has 2 N–H and O–H groups in total. The van der Waals surface area contributed by atoms with Gasteiger partial charge in [-0.15, -0.1) is 0 Å². The van der Waals surface area contributed by atoms with Crippen LogP contribution < -0.4 is 10.6 Å². The lowest BCUT2D eigenvalue weighted by Gasteiger charge is -2.29. The molecule has 2 heterocycles. The van der Waals surface area contributed by atoms with Crippen molar-refractivity contribution in [2.24, 2.45) is 11.8 Å². The lowest BCUT2D eigenvalue weighted by Crippen LogP contribution is -2.55. The minimum atomic E-state index is -0.737. The zero-order chi connectivity index (χ0) is 18.0. The average Bonchev–Trinajstić information content (AvgIpc) is 3.17. The number of fused-ring (bicyclic) bond motifs is 1. The third kappa shape index (κ3) is 3.23. The Labute approximate surface area is 148 Å². The van der Waals surface area contributed by atoms with Gasteiger partial charge in [0.05, 0.1) is 13.7 Å². The van der Waals surface area contributed by atoms with Crippen LogP contribution in [0.4, 0.5) is 5.69 Å². The van der Waals surface area contributed by atoms with Gasteiger partial charge in [0.2, 0.25) is 5.91 Å². The highest BCUT2D eigenvalue weighted by molar-refractivity contribution is 5.89. The molecule has 25 heavy (non-hydrogen) atoms. The molecule has 0 aromatic heterocycles. The monoisotopic (exact) mass is 345 g/mol. The molecular weight excluding hydrogens is 318 g/mol. The fourth-order valence-electron chi connectivity index (χ4n) is 4.00. The normalized spacial score (nSPS) is 26.4. The first-order valence-electron chi connectivity index (χ1n) is 8.92. The molecule has 2 saturated heterocycles. The van der Waals surface area contributed by atoms with E-state index in [1.807, 2.05) is 49.1 Å². The summed E-state index contributed by atoms with van der Waals surface area (Å²) in [5.74, 6) is 0.0318. The number of hydrogen-bond donors (Lipinski definition) is 2. The van der Waals surface area contributed by atoms with Crippen LogP contribution in [0.3, 0.4) is 0 Å². The van der Waals surface area contributed by atoms with Crippen molar-refractivity contribution in [1.29, 1.82) is 0 Å². The molecule has 0 unspecified atom stereocenters. The number of likely N-dealkylation sites (tertiary alicyclic amines) is 1. The number of methoxy groups -OCH3 is 1. The Bertz CT molecular complexity index is 634. The molecule has 0 bridgehead atoms. The Balaban J connectivity index is 1.76. The molecule has 1 amide bonds. The van der Waals surface area contributed by atoms with E-state index in [2.05, 4.69) is 10.6 Å². The van der Waals surface area contributed by atoms with Crippen LogP contribution in [0.5, 0.6) is 0 Å². The van der Waals surface area contributed by atoms with Crippen molar-refractivity contribution < 1.29 is 14.3 Å². The maximum Gasteiger partial charge on any atom is 0.328 e. The van der Waals surface area contributed by atoms with E-state index < -0.39 is 5.54 Å². The molecular formula is C19H27N3O3. The summed E-state index contributed by atoms with van der Waals surface area (Å²) in [5, 5.41) is 6.65. The molecule has 0 radical (unpaired) electrons. The van der Waals surface area contributed by atoms with Crippen LogP contribution in [-0.4, -0.2) is 55.1 Å². The van der Waals surface area contributed by atoms with E-state index in [-0.39, 0.29) is 29.8 Å².